The maximum absolute atomic E-state index is 11.4. The molecule has 0 bridgehead atoms. The molecule has 0 spiro atoms. The lowest BCUT2D eigenvalue weighted by Gasteiger charge is -2.09. The topological polar surface area (TPSA) is 26.3 Å². The highest BCUT2D eigenvalue weighted by Gasteiger charge is 2.07. The Balaban J connectivity index is 2.08. The number of esters is 1. The lowest BCUT2D eigenvalue weighted by atomic mass is 10.00. The van der Waals surface area contributed by atoms with Gasteiger partial charge in [-0.25, -0.2) is 4.79 Å². The summed E-state index contributed by atoms with van der Waals surface area (Å²) in [4.78, 5) is 11.4. The van der Waals surface area contributed by atoms with Gasteiger partial charge in [0.15, 0.2) is 0 Å². The number of rotatable bonds is 4. The number of ether oxygens (including phenoxy) is 1. The number of methoxy groups -OCH3 is 1. The molecule has 0 atom stereocenters. The van der Waals surface area contributed by atoms with Crippen LogP contribution in [0.15, 0.2) is 40.9 Å². The van der Waals surface area contributed by atoms with Gasteiger partial charge in [-0.3, -0.25) is 0 Å². The minimum atomic E-state index is -0.293. The van der Waals surface area contributed by atoms with Crippen molar-refractivity contribution >= 4 is 21.9 Å². The quantitative estimate of drug-likeness (QED) is 0.754. The number of halogens is 1. The van der Waals surface area contributed by atoms with E-state index in [0.717, 1.165) is 12.8 Å². The molecule has 0 heterocycles. The first-order valence-corrected chi connectivity index (χ1v) is 7.73. The van der Waals surface area contributed by atoms with Gasteiger partial charge in [0.25, 0.3) is 0 Å². The summed E-state index contributed by atoms with van der Waals surface area (Å²) in [6, 6.07) is 12.0. The molecule has 2 aromatic rings. The van der Waals surface area contributed by atoms with Crippen LogP contribution < -0.4 is 0 Å². The number of hydrogen-bond donors (Lipinski definition) is 0. The molecule has 110 valence electrons. The minimum Gasteiger partial charge on any atom is -0.465 e. The van der Waals surface area contributed by atoms with Crippen molar-refractivity contribution in [3.63, 3.8) is 0 Å². The van der Waals surface area contributed by atoms with Gasteiger partial charge in [0, 0.05) is 4.47 Å². The fourth-order valence-electron chi connectivity index (χ4n) is 2.42. The van der Waals surface area contributed by atoms with Crippen LogP contribution in [0.1, 0.15) is 32.6 Å². The number of aryl methyl sites for hydroxylation is 4. The van der Waals surface area contributed by atoms with E-state index in [2.05, 4.69) is 41.9 Å². The molecule has 2 aromatic carbocycles. The van der Waals surface area contributed by atoms with Crippen molar-refractivity contribution in [2.75, 3.05) is 7.11 Å². The highest BCUT2D eigenvalue weighted by molar-refractivity contribution is 9.10. The van der Waals surface area contributed by atoms with Crippen molar-refractivity contribution in [1.82, 2.24) is 0 Å². The van der Waals surface area contributed by atoms with Crippen molar-refractivity contribution in [2.24, 2.45) is 0 Å². The number of benzene rings is 2. The fraction of sp³-hybridized carbons (Fsp3) is 0.278. The lowest BCUT2D eigenvalue weighted by Crippen LogP contribution is -2.01. The molecular formula is C18H19BrO2. The van der Waals surface area contributed by atoms with Crippen LogP contribution in [0.5, 0.6) is 0 Å². The van der Waals surface area contributed by atoms with Gasteiger partial charge < -0.3 is 4.74 Å². The molecule has 0 saturated heterocycles. The number of carbonyl (C=O) groups is 1. The molecule has 0 radical (unpaired) electrons. The predicted molar refractivity (Wildman–Crippen MR) is 88.8 cm³/mol. The third kappa shape index (κ3) is 3.94. The Hall–Kier alpha value is -1.61. The Kier molecular flexibility index (Phi) is 5.18. The molecule has 0 amide bonds. The molecule has 3 heteroatoms. The first kappa shape index (κ1) is 15.8. The van der Waals surface area contributed by atoms with E-state index in [1.54, 1.807) is 0 Å². The van der Waals surface area contributed by atoms with Crippen LogP contribution in [-0.4, -0.2) is 13.1 Å². The molecule has 21 heavy (non-hydrogen) atoms. The van der Waals surface area contributed by atoms with Crippen LogP contribution in [-0.2, 0) is 17.6 Å². The first-order chi connectivity index (χ1) is 10.0. The zero-order valence-corrected chi connectivity index (χ0v) is 14.2. The smallest absolute Gasteiger partial charge is 0.337 e. The van der Waals surface area contributed by atoms with Gasteiger partial charge >= 0.3 is 5.97 Å². The van der Waals surface area contributed by atoms with E-state index in [9.17, 15) is 4.79 Å². The monoisotopic (exact) mass is 346 g/mol. The zero-order chi connectivity index (χ0) is 15.4. The standard InChI is InChI=1S/C18H19BrO2/c1-12-10-13(2)17(19)16(11-12)9-6-14-4-7-15(8-5-14)18(20)21-3/h4-5,7-8,10-11H,6,9H2,1-3H3. The van der Waals surface area contributed by atoms with E-state index in [1.807, 2.05) is 24.3 Å². The molecule has 2 rings (SSSR count). The molecule has 0 saturated carbocycles. The van der Waals surface area contributed by atoms with Crippen LogP contribution in [0.4, 0.5) is 0 Å². The zero-order valence-electron chi connectivity index (χ0n) is 12.6. The molecule has 0 fully saturated rings. The Morgan fingerprint density at radius 2 is 1.76 bits per heavy atom. The molecule has 0 aliphatic carbocycles. The van der Waals surface area contributed by atoms with E-state index in [4.69, 9.17) is 4.74 Å². The SMILES string of the molecule is COC(=O)c1ccc(CCc2cc(C)cc(C)c2Br)cc1. The van der Waals surface area contributed by atoms with Crippen molar-refractivity contribution in [1.29, 1.82) is 0 Å². The van der Waals surface area contributed by atoms with Crippen LogP contribution in [0.2, 0.25) is 0 Å². The normalized spacial score (nSPS) is 10.5. The van der Waals surface area contributed by atoms with Crippen molar-refractivity contribution in [3.05, 3.63) is 68.7 Å². The second-order valence-electron chi connectivity index (χ2n) is 5.24. The van der Waals surface area contributed by atoms with Crippen molar-refractivity contribution in [3.8, 4) is 0 Å². The van der Waals surface area contributed by atoms with Gasteiger partial charge in [-0.1, -0.05) is 45.8 Å². The van der Waals surface area contributed by atoms with Crippen molar-refractivity contribution in [2.45, 2.75) is 26.7 Å². The Bertz CT molecular complexity index is 645. The second kappa shape index (κ2) is 6.90. The van der Waals surface area contributed by atoms with Crippen LogP contribution >= 0.6 is 15.9 Å². The number of hydrogen-bond acceptors (Lipinski definition) is 2. The predicted octanol–water partition coefficient (Wildman–Crippen LogP) is 4.64. The average Bonchev–Trinajstić information content (AvgIpc) is 2.49. The van der Waals surface area contributed by atoms with Gasteiger partial charge in [0.2, 0.25) is 0 Å². The van der Waals surface area contributed by atoms with Gasteiger partial charge in [-0.15, -0.1) is 0 Å². The summed E-state index contributed by atoms with van der Waals surface area (Å²) in [5, 5.41) is 0. The van der Waals surface area contributed by atoms with E-state index < -0.39 is 0 Å². The van der Waals surface area contributed by atoms with Gasteiger partial charge in [-0.2, -0.15) is 0 Å². The molecular weight excluding hydrogens is 328 g/mol. The van der Waals surface area contributed by atoms with E-state index in [0.29, 0.717) is 5.56 Å². The maximum Gasteiger partial charge on any atom is 0.337 e. The molecule has 0 aliphatic heterocycles. The molecule has 0 aromatic heterocycles. The van der Waals surface area contributed by atoms with Gasteiger partial charge in [0.05, 0.1) is 12.7 Å². The third-order valence-electron chi connectivity index (χ3n) is 3.53. The van der Waals surface area contributed by atoms with Crippen LogP contribution in [0, 0.1) is 13.8 Å². The van der Waals surface area contributed by atoms with Gasteiger partial charge in [0.1, 0.15) is 0 Å². The minimum absolute atomic E-state index is 0.293. The van der Waals surface area contributed by atoms with Crippen LogP contribution in [0.25, 0.3) is 0 Å². The second-order valence-corrected chi connectivity index (χ2v) is 6.04. The summed E-state index contributed by atoms with van der Waals surface area (Å²) in [7, 11) is 1.40. The number of carbonyl (C=O) groups excluding carboxylic acids is 1. The highest BCUT2D eigenvalue weighted by atomic mass is 79.9. The summed E-state index contributed by atoms with van der Waals surface area (Å²) < 4.78 is 5.90. The Labute approximate surface area is 134 Å². The molecule has 0 N–H and O–H groups in total. The summed E-state index contributed by atoms with van der Waals surface area (Å²) in [5.41, 5.74) is 5.69. The molecule has 0 aliphatic rings. The summed E-state index contributed by atoms with van der Waals surface area (Å²) in [5.74, 6) is -0.293. The largest absolute Gasteiger partial charge is 0.465 e. The summed E-state index contributed by atoms with van der Waals surface area (Å²) >= 11 is 3.67. The Morgan fingerprint density at radius 3 is 2.38 bits per heavy atom. The van der Waals surface area contributed by atoms with E-state index >= 15 is 0 Å². The molecule has 0 unspecified atom stereocenters. The molecule has 2 nitrogen and oxygen atoms in total. The average molecular weight is 347 g/mol. The van der Waals surface area contributed by atoms with E-state index in [1.165, 1.54) is 33.8 Å². The van der Waals surface area contributed by atoms with Crippen molar-refractivity contribution < 1.29 is 9.53 Å². The summed E-state index contributed by atoms with van der Waals surface area (Å²) in [6.07, 6.45) is 1.92. The van der Waals surface area contributed by atoms with E-state index in [-0.39, 0.29) is 5.97 Å². The summed E-state index contributed by atoms with van der Waals surface area (Å²) in [6.45, 7) is 4.24. The lowest BCUT2D eigenvalue weighted by molar-refractivity contribution is 0.0600. The Morgan fingerprint density at radius 1 is 1.10 bits per heavy atom. The fourth-order valence-corrected chi connectivity index (χ4v) is 2.85. The maximum atomic E-state index is 11.4. The third-order valence-corrected chi connectivity index (χ3v) is 4.67. The van der Waals surface area contributed by atoms with Gasteiger partial charge in [-0.05, 0) is 55.5 Å². The highest BCUT2D eigenvalue weighted by Crippen LogP contribution is 2.24. The first-order valence-electron chi connectivity index (χ1n) is 6.94. The van der Waals surface area contributed by atoms with Crippen LogP contribution in [0.3, 0.4) is 0 Å².